The van der Waals surface area contributed by atoms with Gasteiger partial charge in [-0.15, -0.1) is 0 Å². The molecule has 2 N–H and O–H groups in total. The fraction of sp³-hybridized carbons (Fsp3) is 0.154. The standard InChI is InChI=1S/C13H14N2O/c1-16-12-8-7-11(9-15-12)13(14)10-5-3-2-4-6-10/h2-9,13H,14H2,1H3. The van der Waals surface area contributed by atoms with Crippen molar-refractivity contribution in [2.45, 2.75) is 6.04 Å². The third kappa shape index (κ3) is 2.20. The second kappa shape index (κ2) is 4.77. The van der Waals surface area contributed by atoms with E-state index in [0.29, 0.717) is 5.88 Å². The fourth-order valence-corrected chi connectivity index (χ4v) is 1.55. The first-order valence-corrected chi connectivity index (χ1v) is 5.11. The first-order valence-electron chi connectivity index (χ1n) is 5.11. The lowest BCUT2D eigenvalue weighted by molar-refractivity contribution is 0.397. The molecule has 0 aliphatic rings. The molecular weight excluding hydrogens is 200 g/mol. The maximum absolute atomic E-state index is 6.13. The molecule has 0 radical (unpaired) electrons. The molecule has 0 fully saturated rings. The van der Waals surface area contributed by atoms with Crippen molar-refractivity contribution in [2.75, 3.05) is 7.11 Å². The van der Waals surface area contributed by atoms with Crippen molar-refractivity contribution in [2.24, 2.45) is 5.73 Å². The van der Waals surface area contributed by atoms with Gasteiger partial charge >= 0.3 is 0 Å². The van der Waals surface area contributed by atoms with E-state index in [0.717, 1.165) is 11.1 Å². The molecule has 2 rings (SSSR count). The molecule has 1 heterocycles. The summed E-state index contributed by atoms with van der Waals surface area (Å²) in [6.07, 6.45) is 1.75. The van der Waals surface area contributed by atoms with Crippen LogP contribution in [0.2, 0.25) is 0 Å². The van der Waals surface area contributed by atoms with Gasteiger partial charge in [-0.1, -0.05) is 36.4 Å². The molecule has 0 amide bonds. The molecule has 3 heteroatoms. The molecule has 0 aliphatic carbocycles. The van der Waals surface area contributed by atoms with Gasteiger partial charge in [-0.25, -0.2) is 4.98 Å². The van der Waals surface area contributed by atoms with Gasteiger partial charge in [0.25, 0.3) is 0 Å². The molecule has 0 aliphatic heterocycles. The molecule has 1 aromatic carbocycles. The van der Waals surface area contributed by atoms with E-state index in [1.165, 1.54) is 0 Å². The number of methoxy groups -OCH3 is 1. The number of aromatic nitrogens is 1. The second-order valence-electron chi connectivity index (χ2n) is 3.52. The van der Waals surface area contributed by atoms with Gasteiger partial charge in [0.2, 0.25) is 5.88 Å². The van der Waals surface area contributed by atoms with E-state index in [1.54, 1.807) is 13.3 Å². The first-order chi connectivity index (χ1) is 7.81. The highest BCUT2D eigenvalue weighted by molar-refractivity contribution is 5.30. The van der Waals surface area contributed by atoms with Crippen LogP contribution in [0.15, 0.2) is 48.7 Å². The summed E-state index contributed by atoms with van der Waals surface area (Å²) in [5, 5.41) is 0. The average molecular weight is 214 g/mol. The number of nitrogens with zero attached hydrogens (tertiary/aromatic N) is 1. The van der Waals surface area contributed by atoms with E-state index in [1.807, 2.05) is 42.5 Å². The van der Waals surface area contributed by atoms with Gasteiger partial charge in [0.1, 0.15) is 0 Å². The molecule has 0 saturated carbocycles. The zero-order chi connectivity index (χ0) is 11.4. The van der Waals surface area contributed by atoms with Crippen LogP contribution in [0.4, 0.5) is 0 Å². The average Bonchev–Trinajstić information content (AvgIpc) is 2.39. The van der Waals surface area contributed by atoms with Crippen molar-refractivity contribution in [1.82, 2.24) is 4.98 Å². The van der Waals surface area contributed by atoms with E-state index in [9.17, 15) is 0 Å². The normalized spacial score (nSPS) is 12.1. The van der Waals surface area contributed by atoms with Crippen molar-refractivity contribution in [3.63, 3.8) is 0 Å². The third-order valence-electron chi connectivity index (χ3n) is 2.49. The first kappa shape index (κ1) is 10.6. The highest BCUT2D eigenvalue weighted by Gasteiger charge is 2.08. The molecule has 0 spiro atoms. The summed E-state index contributed by atoms with van der Waals surface area (Å²) in [5.74, 6) is 0.601. The molecule has 0 bridgehead atoms. The number of hydrogen-bond donors (Lipinski definition) is 1. The zero-order valence-corrected chi connectivity index (χ0v) is 9.13. The van der Waals surface area contributed by atoms with Crippen molar-refractivity contribution >= 4 is 0 Å². The maximum atomic E-state index is 6.13. The summed E-state index contributed by atoms with van der Waals surface area (Å²) in [4.78, 5) is 4.14. The van der Waals surface area contributed by atoms with Crippen LogP contribution in [0.5, 0.6) is 5.88 Å². The minimum Gasteiger partial charge on any atom is -0.481 e. The Balaban J connectivity index is 2.24. The Kier molecular flexibility index (Phi) is 3.17. The van der Waals surface area contributed by atoms with Crippen molar-refractivity contribution < 1.29 is 4.74 Å². The van der Waals surface area contributed by atoms with Crippen molar-refractivity contribution in [3.05, 3.63) is 59.8 Å². The number of benzene rings is 1. The van der Waals surface area contributed by atoms with Crippen LogP contribution in [0.1, 0.15) is 17.2 Å². The Morgan fingerprint density at radius 3 is 2.38 bits per heavy atom. The van der Waals surface area contributed by atoms with Gasteiger partial charge in [-0.2, -0.15) is 0 Å². The minimum absolute atomic E-state index is 0.139. The maximum Gasteiger partial charge on any atom is 0.212 e. The minimum atomic E-state index is -0.139. The lowest BCUT2D eigenvalue weighted by atomic mass is 10.0. The Bertz CT molecular complexity index is 439. The Hall–Kier alpha value is -1.87. The Morgan fingerprint density at radius 1 is 1.06 bits per heavy atom. The summed E-state index contributed by atoms with van der Waals surface area (Å²) >= 11 is 0. The van der Waals surface area contributed by atoms with E-state index in [-0.39, 0.29) is 6.04 Å². The molecule has 1 atom stereocenters. The molecule has 2 aromatic rings. The Labute approximate surface area is 94.9 Å². The van der Waals surface area contributed by atoms with E-state index >= 15 is 0 Å². The molecule has 3 nitrogen and oxygen atoms in total. The highest BCUT2D eigenvalue weighted by atomic mass is 16.5. The largest absolute Gasteiger partial charge is 0.481 e. The summed E-state index contributed by atoms with van der Waals surface area (Å²) in [7, 11) is 1.60. The lowest BCUT2D eigenvalue weighted by Crippen LogP contribution is -2.11. The van der Waals surface area contributed by atoms with Crippen LogP contribution in [0.3, 0.4) is 0 Å². The van der Waals surface area contributed by atoms with E-state index in [2.05, 4.69) is 4.98 Å². The van der Waals surface area contributed by atoms with Crippen LogP contribution < -0.4 is 10.5 Å². The quantitative estimate of drug-likeness (QED) is 0.851. The zero-order valence-electron chi connectivity index (χ0n) is 9.13. The number of hydrogen-bond acceptors (Lipinski definition) is 3. The van der Waals surface area contributed by atoms with E-state index in [4.69, 9.17) is 10.5 Å². The Morgan fingerprint density at radius 2 is 1.81 bits per heavy atom. The topological polar surface area (TPSA) is 48.1 Å². The summed E-state index contributed by atoms with van der Waals surface area (Å²) in [6, 6.07) is 13.6. The summed E-state index contributed by atoms with van der Waals surface area (Å²) < 4.78 is 5.00. The molecule has 1 unspecified atom stereocenters. The SMILES string of the molecule is COc1ccc(C(N)c2ccccc2)cn1. The van der Waals surface area contributed by atoms with Gasteiger partial charge < -0.3 is 10.5 Å². The predicted octanol–water partition coefficient (Wildman–Crippen LogP) is 2.14. The van der Waals surface area contributed by atoms with Crippen LogP contribution in [0.25, 0.3) is 0 Å². The van der Waals surface area contributed by atoms with Crippen molar-refractivity contribution in [1.29, 1.82) is 0 Å². The number of rotatable bonds is 3. The highest BCUT2D eigenvalue weighted by Crippen LogP contribution is 2.19. The molecule has 1 aromatic heterocycles. The van der Waals surface area contributed by atoms with Crippen LogP contribution in [0, 0.1) is 0 Å². The van der Waals surface area contributed by atoms with Gasteiger partial charge in [0.05, 0.1) is 13.2 Å². The number of ether oxygens (including phenoxy) is 1. The smallest absolute Gasteiger partial charge is 0.212 e. The number of nitrogens with two attached hydrogens (primary N) is 1. The van der Waals surface area contributed by atoms with Gasteiger partial charge in [0, 0.05) is 12.3 Å². The third-order valence-corrected chi connectivity index (χ3v) is 2.49. The monoisotopic (exact) mass is 214 g/mol. The molecule has 16 heavy (non-hydrogen) atoms. The summed E-state index contributed by atoms with van der Waals surface area (Å²) in [6.45, 7) is 0. The van der Waals surface area contributed by atoms with E-state index < -0.39 is 0 Å². The fourth-order valence-electron chi connectivity index (χ4n) is 1.55. The van der Waals surface area contributed by atoms with Gasteiger partial charge in [-0.05, 0) is 11.1 Å². The molecule has 82 valence electrons. The summed E-state index contributed by atoms with van der Waals surface area (Å²) in [5.41, 5.74) is 8.18. The molecular formula is C13H14N2O. The van der Waals surface area contributed by atoms with Crippen LogP contribution in [-0.2, 0) is 0 Å². The lowest BCUT2D eigenvalue weighted by Gasteiger charge is -2.12. The molecule has 0 saturated heterocycles. The van der Waals surface area contributed by atoms with Crippen molar-refractivity contribution in [3.8, 4) is 5.88 Å². The van der Waals surface area contributed by atoms with Crippen LogP contribution >= 0.6 is 0 Å². The predicted molar refractivity (Wildman–Crippen MR) is 63.3 cm³/mol. The van der Waals surface area contributed by atoms with Gasteiger partial charge in [0.15, 0.2) is 0 Å². The number of pyridine rings is 1. The second-order valence-corrected chi connectivity index (χ2v) is 3.52. The van der Waals surface area contributed by atoms with Gasteiger partial charge in [-0.3, -0.25) is 0 Å². The van der Waals surface area contributed by atoms with Crippen LogP contribution in [-0.4, -0.2) is 12.1 Å².